The zero-order valence-electron chi connectivity index (χ0n) is 20.1. The van der Waals surface area contributed by atoms with E-state index in [1.807, 2.05) is 82.5 Å². The summed E-state index contributed by atoms with van der Waals surface area (Å²) in [6, 6.07) is 16.4. The number of amides is 3. The smallest absolute Gasteiger partial charge is 0.315 e. The van der Waals surface area contributed by atoms with Gasteiger partial charge in [0.05, 0.1) is 16.4 Å². The Morgan fingerprint density at radius 1 is 1.09 bits per heavy atom. The van der Waals surface area contributed by atoms with Gasteiger partial charge in [-0.25, -0.2) is 9.48 Å². The van der Waals surface area contributed by atoms with Gasteiger partial charge in [-0.15, -0.1) is 11.8 Å². The van der Waals surface area contributed by atoms with Crippen LogP contribution in [0.2, 0.25) is 5.02 Å². The van der Waals surface area contributed by atoms with Crippen molar-refractivity contribution in [2.45, 2.75) is 38.0 Å². The highest BCUT2D eigenvalue weighted by molar-refractivity contribution is 7.98. The highest BCUT2D eigenvalue weighted by Crippen LogP contribution is 2.29. The number of rotatable bonds is 7. The normalized spacial score (nSPS) is 11.2. The molecule has 2 aromatic carbocycles. The Balaban J connectivity index is 1.76. The van der Waals surface area contributed by atoms with E-state index >= 15 is 0 Å². The number of aromatic nitrogens is 2. The Hall–Kier alpha value is -2.97. The monoisotopic (exact) mass is 499 g/mol. The van der Waals surface area contributed by atoms with Gasteiger partial charge in [0.1, 0.15) is 12.4 Å². The number of carbonyl (C=O) groups is 2. The molecule has 7 nitrogen and oxygen atoms in total. The number of carbonyl (C=O) groups excluding carboxylic acids is 2. The summed E-state index contributed by atoms with van der Waals surface area (Å²) in [6.45, 7) is 8.24. The van der Waals surface area contributed by atoms with Gasteiger partial charge >= 0.3 is 6.03 Å². The zero-order valence-corrected chi connectivity index (χ0v) is 21.6. The number of thioether (sulfide) groups is 1. The molecule has 3 aromatic rings. The molecule has 1 heterocycles. The van der Waals surface area contributed by atoms with Gasteiger partial charge in [0.15, 0.2) is 0 Å². The minimum absolute atomic E-state index is 0.107. The van der Waals surface area contributed by atoms with Crippen LogP contribution in [0.15, 0.2) is 59.5 Å². The van der Waals surface area contributed by atoms with E-state index in [1.165, 1.54) is 4.90 Å². The summed E-state index contributed by atoms with van der Waals surface area (Å²) in [6.07, 6.45) is 1.99. The number of hydrogen-bond donors (Lipinski definition) is 2. The lowest BCUT2D eigenvalue weighted by molar-refractivity contribution is -0.116. The maximum atomic E-state index is 12.9. The predicted octanol–water partition coefficient (Wildman–Crippen LogP) is 6.04. The number of hydrogen-bond acceptors (Lipinski definition) is 4. The number of nitrogens with one attached hydrogen (secondary N) is 2. The molecule has 180 valence electrons. The van der Waals surface area contributed by atoms with Crippen LogP contribution >= 0.6 is 23.4 Å². The van der Waals surface area contributed by atoms with Crippen LogP contribution in [-0.2, 0) is 10.2 Å². The molecular formula is C25H30ClN5O2S. The van der Waals surface area contributed by atoms with Crippen molar-refractivity contribution in [2.75, 3.05) is 30.0 Å². The van der Waals surface area contributed by atoms with Crippen molar-refractivity contribution < 1.29 is 9.59 Å². The van der Waals surface area contributed by atoms with E-state index in [1.54, 1.807) is 22.5 Å². The summed E-state index contributed by atoms with van der Waals surface area (Å²) in [4.78, 5) is 28.2. The highest BCUT2D eigenvalue weighted by Gasteiger charge is 2.23. The Kier molecular flexibility index (Phi) is 8.28. The maximum Gasteiger partial charge on any atom is 0.322 e. The van der Waals surface area contributed by atoms with Crippen LogP contribution in [0.5, 0.6) is 0 Å². The summed E-state index contributed by atoms with van der Waals surface area (Å²) >= 11 is 8.03. The van der Waals surface area contributed by atoms with Crippen molar-refractivity contribution in [2.24, 2.45) is 0 Å². The van der Waals surface area contributed by atoms with Crippen molar-refractivity contribution >= 4 is 46.8 Å². The van der Waals surface area contributed by atoms with Crippen LogP contribution in [0, 0.1) is 0 Å². The molecule has 0 aliphatic rings. The number of anilines is 2. The van der Waals surface area contributed by atoms with E-state index in [4.69, 9.17) is 16.7 Å². The molecule has 1 aromatic heterocycles. The van der Waals surface area contributed by atoms with E-state index in [-0.39, 0.29) is 23.9 Å². The van der Waals surface area contributed by atoms with Gasteiger partial charge in [-0.2, -0.15) is 5.10 Å². The van der Waals surface area contributed by atoms with Crippen molar-refractivity contribution in [3.63, 3.8) is 0 Å². The molecule has 0 saturated heterocycles. The summed E-state index contributed by atoms with van der Waals surface area (Å²) in [5, 5.41) is 11.0. The van der Waals surface area contributed by atoms with Crippen molar-refractivity contribution in [1.82, 2.24) is 14.7 Å². The third kappa shape index (κ3) is 6.33. The third-order valence-corrected chi connectivity index (χ3v) is 6.23. The molecule has 0 aliphatic heterocycles. The largest absolute Gasteiger partial charge is 0.322 e. The first-order chi connectivity index (χ1) is 16.1. The zero-order chi connectivity index (χ0) is 24.9. The first kappa shape index (κ1) is 25.6. The fraction of sp³-hybridized carbons (Fsp3) is 0.320. The number of halogens is 1. The summed E-state index contributed by atoms with van der Waals surface area (Å²) in [5.74, 6) is 0.163. The molecule has 3 rings (SSSR count). The number of nitrogens with zero attached hydrogens (tertiary/aromatic N) is 3. The molecular weight excluding hydrogens is 470 g/mol. The summed E-state index contributed by atoms with van der Waals surface area (Å²) in [5.41, 5.74) is 1.91. The molecule has 9 heteroatoms. The molecule has 0 bridgehead atoms. The second-order valence-corrected chi connectivity index (χ2v) is 10.0. The Morgan fingerprint density at radius 2 is 1.76 bits per heavy atom. The predicted molar refractivity (Wildman–Crippen MR) is 140 cm³/mol. The van der Waals surface area contributed by atoms with E-state index in [0.29, 0.717) is 28.8 Å². The number of urea groups is 1. The van der Waals surface area contributed by atoms with E-state index < -0.39 is 0 Å². The van der Waals surface area contributed by atoms with Crippen LogP contribution < -0.4 is 10.6 Å². The van der Waals surface area contributed by atoms with Gasteiger partial charge in [-0.1, -0.05) is 44.5 Å². The van der Waals surface area contributed by atoms with E-state index in [2.05, 4.69) is 10.6 Å². The second-order valence-electron chi connectivity index (χ2n) is 8.75. The lowest BCUT2D eigenvalue weighted by Gasteiger charge is -2.21. The number of likely N-dealkylation sites (N-methyl/N-ethyl adjacent to an activating group) is 1. The van der Waals surface area contributed by atoms with Crippen molar-refractivity contribution in [3.05, 3.63) is 65.3 Å². The molecule has 2 N–H and O–H groups in total. The topological polar surface area (TPSA) is 79.3 Å². The first-order valence-corrected chi connectivity index (χ1v) is 12.6. The molecule has 0 fully saturated rings. The standard InChI is InChI=1S/C25H30ClN5O2S/c1-6-30(24(33)27-17-11-13-18(34-5)14-12-17)16-23(32)28-22-15-21(25(2,3)4)29-31(22)20-10-8-7-9-19(20)26/h7-15H,6,16H2,1-5H3,(H,27,33)(H,28,32). The first-order valence-electron chi connectivity index (χ1n) is 11.0. The van der Waals surface area contributed by atoms with E-state index in [0.717, 1.165) is 10.6 Å². The molecule has 0 unspecified atom stereocenters. The van der Waals surface area contributed by atoms with Gasteiger partial charge in [-0.3, -0.25) is 4.79 Å². The Labute approximate surface area is 209 Å². The Morgan fingerprint density at radius 3 is 2.35 bits per heavy atom. The lowest BCUT2D eigenvalue weighted by Crippen LogP contribution is -2.40. The average Bonchev–Trinajstić information content (AvgIpc) is 3.22. The lowest BCUT2D eigenvalue weighted by atomic mass is 9.92. The fourth-order valence-corrected chi connectivity index (χ4v) is 3.83. The van der Waals surface area contributed by atoms with Crippen LogP contribution in [0.1, 0.15) is 33.4 Å². The third-order valence-electron chi connectivity index (χ3n) is 5.17. The van der Waals surface area contributed by atoms with Gasteiger partial charge in [0, 0.05) is 28.6 Å². The van der Waals surface area contributed by atoms with Crippen LogP contribution in [0.4, 0.5) is 16.3 Å². The maximum absolute atomic E-state index is 12.9. The molecule has 0 atom stereocenters. The van der Waals surface area contributed by atoms with Crippen molar-refractivity contribution in [3.8, 4) is 5.69 Å². The molecule has 0 saturated carbocycles. The SMILES string of the molecule is CCN(CC(=O)Nc1cc(C(C)(C)C)nn1-c1ccccc1Cl)C(=O)Nc1ccc(SC)cc1. The number of para-hydroxylation sites is 1. The van der Waals surface area contributed by atoms with Gasteiger partial charge in [-0.05, 0) is 49.6 Å². The Bertz CT molecular complexity index is 1150. The molecule has 0 aliphatic carbocycles. The molecule has 34 heavy (non-hydrogen) atoms. The van der Waals surface area contributed by atoms with Gasteiger partial charge in [0.25, 0.3) is 0 Å². The van der Waals surface area contributed by atoms with Crippen LogP contribution in [-0.4, -0.2) is 46.0 Å². The average molecular weight is 500 g/mol. The van der Waals surface area contributed by atoms with Crippen LogP contribution in [0.3, 0.4) is 0 Å². The minimum atomic E-state index is -0.343. The van der Waals surface area contributed by atoms with Crippen molar-refractivity contribution in [1.29, 1.82) is 0 Å². The molecule has 3 amide bonds. The van der Waals surface area contributed by atoms with E-state index in [9.17, 15) is 9.59 Å². The fourth-order valence-electron chi connectivity index (χ4n) is 3.20. The quantitative estimate of drug-likeness (QED) is 0.388. The molecule has 0 radical (unpaired) electrons. The minimum Gasteiger partial charge on any atom is -0.315 e. The summed E-state index contributed by atoms with van der Waals surface area (Å²) in [7, 11) is 0. The highest BCUT2D eigenvalue weighted by atomic mass is 35.5. The van der Waals surface area contributed by atoms with Gasteiger partial charge < -0.3 is 15.5 Å². The van der Waals surface area contributed by atoms with Gasteiger partial charge in [0.2, 0.25) is 5.91 Å². The second kappa shape index (κ2) is 11.0. The molecule has 0 spiro atoms. The van der Waals surface area contributed by atoms with Crippen LogP contribution in [0.25, 0.3) is 5.69 Å². The number of benzene rings is 2. The summed E-state index contributed by atoms with van der Waals surface area (Å²) < 4.78 is 1.63.